The van der Waals surface area contributed by atoms with Crippen LogP contribution in [0.4, 0.5) is 0 Å². The second kappa shape index (κ2) is 6.20. The molecular weight excluding hydrogens is 206 g/mol. The average molecular weight is 231 g/mol. The lowest BCUT2D eigenvalue weighted by Crippen LogP contribution is -2.31. The van der Waals surface area contributed by atoms with Crippen molar-refractivity contribution in [2.24, 2.45) is 5.92 Å². The van der Waals surface area contributed by atoms with Gasteiger partial charge in [-0.15, -0.1) is 0 Å². The molecule has 0 spiro atoms. The van der Waals surface area contributed by atoms with Crippen LogP contribution < -0.4 is 5.32 Å². The Morgan fingerprint density at radius 2 is 2.06 bits per heavy atom. The molecule has 1 saturated carbocycles. The third-order valence-electron chi connectivity index (χ3n) is 3.84. The summed E-state index contributed by atoms with van der Waals surface area (Å²) in [6.45, 7) is 5.52. The largest absolute Gasteiger partial charge is 0.314 e. The van der Waals surface area contributed by atoms with E-state index in [1.54, 1.807) is 0 Å². The van der Waals surface area contributed by atoms with Crippen LogP contribution in [0.2, 0.25) is 0 Å². The molecule has 0 radical (unpaired) electrons. The van der Waals surface area contributed by atoms with E-state index in [1.807, 2.05) is 0 Å². The normalized spacial score (nSPS) is 17.1. The van der Waals surface area contributed by atoms with Gasteiger partial charge in [-0.05, 0) is 49.8 Å². The number of nitrogens with one attached hydrogen (secondary N) is 1. The highest BCUT2D eigenvalue weighted by molar-refractivity contribution is 5.26. The molecule has 2 rings (SSSR count). The first-order valence-electron chi connectivity index (χ1n) is 7.07. The molecule has 1 heteroatoms. The van der Waals surface area contributed by atoms with Crippen molar-refractivity contribution >= 4 is 0 Å². The SMILES string of the molecule is CCNC(CCC1CC1)Cc1ccccc1C. The van der Waals surface area contributed by atoms with Crippen LogP contribution in [0.3, 0.4) is 0 Å². The van der Waals surface area contributed by atoms with Gasteiger partial charge in [-0.1, -0.05) is 44.0 Å². The van der Waals surface area contributed by atoms with Crippen LogP contribution in [0.25, 0.3) is 0 Å². The molecule has 1 fully saturated rings. The molecule has 1 nitrogen and oxygen atoms in total. The smallest absolute Gasteiger partial charge is 0.0108 e. The standard InChI is InChI=1S/C16H25N/c1-3-17-16(11-10-14-8-9-14)12-15-7-5-4-6-13(15)2/h4-7,14,16-17H,3,8-12H2,1-2H3. The first-order chi connectivity index (χ1) is 8.29. The number of hydrogen-bond donors (Lipinski definition) is 1. The molecule has 0 aromatic heterocycles. The Balaban J connectivity index is 1.88. The van der Waals surface area contributed by atoms with Crippen LogP contribution >= 0.6 is 0 Å². The van der Waals surface area contributed by atoms with Crippen LogP contribution in [0.1, 0.15) is 43.7 Å². The van der Waals surface area contributed by atoms with Gasteiger partial charge in [-0.25, -0.2) is 0 Å². The van der Waals surface area contributed by atoms with Gasteiger partial charge in [0.25, 0.3) is 0 Å². The fourth-order valence-electron chi connectivity index (χ4n) is 2.51. The Bertz CT molecular complexity index is 341. The van der Waals surface area contributed by atoms with Crippen LogP contribution in [0.15, 0.2) is 24.3 Å². The number of rotatable bonds is 7. The second-order valence-electron chi connectivity index (χ2n) is 5.41. The van der Waals surface area contributed by atoms with E-state index in [0.717, 1.165) is 12.5 Å². The fourth-order valence-corrected chi connectivity index (χ4v) is 2.51. The Morgan fingerprint density at radius 3 is 2.71 bits per heavy atom. The zero-order valence-corrected chi connectivity index (χ0v) is 11.2. The predicted molar refractivity (Wildman–Crippen MR) is 74.3 cm³/mol. The third kappa shape index (κ3) is 4.16. The lowest BCUT2D eigenvalue weighted by Gasteiger charge is -2.19. The van der Waals surface area contributed by atoms with E-state index in [4.69, 9.17) is 0 Å². The van der Waals surface area contributed by atoms with Crippen molar-refractivity contribution in [3.05, 3.63) is 35.4 Å². The maximum atomic E-state index is 3.64. The van der Waals surface area contributed by atoms with Crippen molar-refractivity contribution in [2.75, 3.05) is 6.54 Å². The number of aryl methyl sites for hydroxylation is 1. The lowest BCUT2D eigenvalue weighted by molar-refractivity contribution is 0.462. The van der Waals surface area contributed by atoms with E-state index in [2.05, 4.69) is 43.4 Å². The van der Waals surface area contributed by atoms with Crippen LogP contribution in [0, 0.1) is 12.8 Å². The minimum atomic E-state index is 0.668. The molecular formula is C16H25N. The van der Waals surface area contributed by atoms with Gasteiger partial charge in [0.1, 0.15) is 0 Å². The van der Waals surface area contributed by atoms with E-state index >= 15 is 0 Å². The van der Waals surface area contributed by atoms with Crippen molar-refractivity contribution in [1.29, 1.82) is 0 Å². The van der Waals surface area contributed by atoms with Gasteiger partial charge < -0.3 is 5.32 Å². The second-order valence-corrected chi connectivity index (χ2v) is 5.41. The van der Waals surface area contributed by atoms with Crippen LogP contribution in [-0.2, 0) is 6.42 Å². The average Bonchev–Trinajstić information content (AvgIpc) is 3.13. The topological polar surface area (TPSA) is 12.0 Å². The van der Waals surface area contributed by atoms with Gasteiger partial charge in [-0.3, -0.25) is 0 Å². The van der Waals surface area contributed by atoms with Crippen molar-refractivity contribution in [3.8, 4) is 0 Å². The third-order valence-corrected chi connectivity index (χ3v) is 3.84. The summed E-state index contributed by atoms with van der Waals surface area (Å²) < 4.78 is 0. The molecule has 0 aliphatic heterocycles. The Morgan fingerprint density at radius 1 is 1.29 bits per heavy atom. The minimum absolute atomic E-state index is 0.668. The molecule has 0 amide bonds. The van der Waals surface area contributed by atoms with Crippen molar-refractivity contribution in [1.82, 2.24) is 5.32 Å². The maximum Gasteiger partial charge on any atom is 0.0108 e. The minimum Gasteiger partial charge on any atom is -0.314 e. The molecule has 1 aromatic carbocycles. The molecule has 1 N–H and O–H groups in total. The van der Waals surface area contributed by atoms with Gasteiger partial charge in [0.05, 0.1) is 0 Å². The van der Waals surface area contributed by atoms with E-state index in [-0.39, 0.29) is 0 Å². The van der Waals surface area contributed by atoms with Crippen molar-refractivity contribution in [3.63, 3.8) is 0 Å². The van der Waals surface area contributed by atoms with Crippen molar-refractivity contribution < 1.29 is 0 Å². The van der Waals surface area contributed by atoms with E-state index in [0.29, 0.717) is 6.04 Å². The zero-order valence-electron chi connectivity index (χ0n) is 11.2. The van der Waals surface area contributed by atoms with Gasteiger partial charge in [0.15, 0.2) is 0 Å². The zero-order chi connectivity index (χ0) is 12.1. The van der Waals surface area contributed by atoms with Crippen LogP contribution in [0.5, 0.6) is 0 Å². The van der Waals surface area contributed by atoms with E-state index < -0.39 is 0 Å². The van der Waals surface area contributed by atoms with Gasteiger partial charge >= 0.3 is 0 Å². The highest BCUT2D eigenvalue weighted by Crippen LogP contribution is 2.34. The van der Waals surface area contributed by atoms with E-state index in [1.165, 1.54) is 43.2 Å². The maximum absolute atomic E-state index is 3.64. The fraction of sp³-hybridized carbons (Fsp3) is 0.625. The Labute approximate surface area is 106 Å². The highest BCUT2D eigenvalue weighted by Gasteiger charge is 2.22. The summed E-state index contributed by atoms with van der Waals surface area (Å²) in [6, 6.07) is 9.45. The first-order valence-corrected chi connectivity index (χ1v) is 7.07. The molecule has 1 aliphatic rings. The molecule has 1 aliphatic carbocycles. The molecule has 1 unspecified atom stereocenters. The molecule has 0 heterocycles. The Kier molecular flexibility index (Phi) is 4.61. The molecule has 94 valence electrons. The summed E-state index contributed by atoms with van der Waals surface area (Å²) in [6.07, 6.45) is 6.90. The molecule has 0 saturated heterocycles. The number of benzene rings is 1. The molecule has 0 bridgehead atoms. The summed E-state index contributed by atoms with van der Waals surface area (Å²) in [5, 5.41) is 3.64. The number of hydrogen-bond acceptors (Lipinski definition) is 1. The van der Waals surface area contributed by atoms with Gasteiger partial charge in [-0.2, -0.15) is 0 Å². The number of likely N-dealkylation sites (N-methyl/N-ethyl adjacent to an activating group) is 1. The predicted octanol–water partition coefficient (Wildman–Crippen LogP) is 3.71. The summed E-state index contributed by atoms with van der Waals surface area (Å²) in [7, 11) is 0. The molecule has 1 atom stereocenters. The van der Waals surface area contributed by atoms with Gasteiger partial charge in [0.2, 0.25) is 0 Å². The quantitative estimate of drug-likeness (QED) is 0.754. The van der Waals surface area contributed by atoms with Crippen LogP contribution in [-0.4, -0.2) is 12.6 Å². The lowest BCUT2D eigenvalue weighted by atomic mass is 9.97. The molecule has 17 heavy (non-hydrogen) atoms. The summed E-state index contributed by atoms with van der Waals surface area (Å²) in [4.78, 5) is 0. The molecule has 1 aromatic rings. The highest BCUT2D eigenvalue weighted by atomic mass is 14.9. The van der Waals surface area contributed by atoms with Gasteiger partial charge in [0, 0.05) is 6.04 Å². The Hall–Kier alpha value is -0.820. The first kappa shape index (κ1) is 12.6. The summed E-state index contributed by atoms with van der Waals surface area (Å²) in [5.41, 5.74) is 2.94. The summed E-state index contributed by atoms with van der Waals surface area (Å²) in [5.74, 6) is 1.05. The summed E-state index contributed by atoms with van der Waals surface area (Å²) >= 11 is 0. The monoisotopic (exact) mass is 231 g/mol. The van der Waals surface area contributed by atoms with E-state index in [9.17, 15) is 0 Å². The van der Waals surface area contributed by atoms with Crippen molar-refractivity contribution in [2.45, 2.75) is 52.0 Å².